The van der Waals surface area contributed by atoms with Crippen molar-refractivity contribution in [1.29, 1.82) is 0 Å². The molecule has 2 aliphatic heterocycles. The number of carbonyl (C=O) groups excluding carboxylic acids is 1. The smallest absolute Gasteiger partial charge is 0.258 e. The molecule has 19 heavy (non-hydrogen) atoms. The van der Waals surface area contributed by atoms with Crippen LogP contribution in [-0.4, -0.2) is 36.7 Å². The monoisotopic (exact) mass is 262 g/mol. The van der Waals surface area contributed by atoms with Gasteiger partial charge in [-0.3, -0.25) is 4.79 Å². The van der Waals surface area contributed by atoms with E-state index in [4.69, 9.17) is 15.2 Å². The molecule has 1 aromatic carbocycles. The number of amides is 1. The molecular formula is C14H18N2O3. The SMILES string of the molecule is CC1CC(CN)CN1C(=O)c1cccc2c1OCO2. The van der Waals surface area contributed by atoms with Gasteiger partial charge in [0.1, 0.15) is 0 Å². The maximum Gasteiger partial charge on any atom is 0.258 e. The second kappa shape index (κ2) is 4.74. The first-order chi connectivity index (χ1) is 9.20. The highest BCUT2D eigenvalue weighted by Gasteiger charge is 2.34. The predicted octanol–water partition coefficient (Wildman–Crippen LogP) is 1.22. The Kier molecular flexibility index (Phi) is 3.06. The van der Waals surface area contributed by atoms with Gasteiger partial charge >= 0.3 is 0 Å². The van der Waals surface area contributed by atoms with Crippen LogP contribution in [0.3, 0.4) is 0 Å². The summed E-state index contributed by atoms with van der Waals surface area (Å²) in [6, 6.07) is 5.65. The summed E-state index contributed by atoms with van der Waals surface area (Å²) in [4.78, 5) is 14.5. The van der Waals surface area contributed by atoms with Crippen LogP contribution in [0.25, 0.3) is 0 Å². The van der Waals surface area contributed by atoms with E-state index in [2.05, 4.69) is 6.92 Å². The molecule has 2 heterocycles. The second-order valence-electron chi connectivity index (χ2n) is 5.18. The summed E-state index contributed by atoms with van der Waals surface area (Å²) in [5.74, 6) is 1.61. The molecule has 0 bridgehead atoms. The third-order valence-corrected chi connectivity index (χ3v) is 3.88. The average molecular weight is 262 g/mol. The van der Waals surface area contributed by atoms with E-state index in [9.17, 15) is 4.79 Å². The third kappa shape index (κ3) is 2.04. The summed E-state index contributed by atoms with van der Waals surface area (Å²) in [7, 11) is 0. The Hall–Kier alpha value is -1.75. The van der Waals surface area contributed by atoms with E-state index >= 15 is 0 Å². The molecule has 2 aliphatic rings. The van der Waals surface area contributed by atoms with Gasteiger partial charge in [-0.25, -0.2) is 0 Å². The van der Waals surface area contributed by atoms with Crippen molar-refractivity contribution >= 4 is 5.91 Å². The number of ether oxygens (including phenoxy) is 2. The largest absolute Gasteiger partial charge is 0.454 e. The zero-order chi connectivity index (χ0) is 13.4. The number of carbonyl (C=O) groups is 1. The number of benzene rings is 1. The van der Waals surface area contributed by atoms with Crippen LogP contribution in [0, 0.1) is 5.92 Å². The molecule has 1 saturated heterocycles. The fraction of sp³-hybridized carbons (Fsp3) is 0.500. The first-order valence-electron chi connectivity index (χ1n) is 6.60. The molecule has 2 N–H and O–H groups in total. The van der Waals surface area contributed by atoms with Crippen LogP contribution in [0.5, 0.6) is 11.5 Å². The number of hydrogen-bond acceptors (Lipinski definition) is 4. The van der Waals surface area contributed by atoms with Crippen molar-refractivity contribution in [2.24, 2.45) is 11.7 Å². The second-order valence-corrected chi connectivity index (χ2v) is 5.18. The minimum atomic E-state index is 0.00537. The molecule has 0 spiro atoms. The van der Waals surface area contributed by atoms with Gasteiger partial charge in [0.15, 0.2) is 11.5 Å². The van der Waals surface area contributed by atoms with Gasteiger partial charge in [-0.2, -0.15) is 0 Å². The van der Waals surface area contributed by atoms with Crippen LogP contribution < -0.4 is 15.2 Å². The number of likely N-dealkylation sites (tertiary alicyclic amines) is 1. The van der Waals surface area contributed by atoms with Gasteiger partial charge in [-0.1, -0.05) is 6.07 Å². The lowest BCUT2D eigenvalue weighted by Gasteiger charge is -2.22. The number of fused-ring (bicyclic) bond motifs is 1. The highest BCUT2D eigenvalue weighted by atomic mass is 16.7. The summed E-state index contributed by atoms with van der Waals surface area (Å²) < 4.78 is 10.7. The lowest BCUT2D eigenvalue weighted by atomic mass is 10.1. The highest BCUT2D eigenvalue weighted by Crippen LogP contribution is 2.37. The molecule has 5 heteroatoms. The van der Waals surface area contributed by atoms with Crippen molar-refractivity contribution in [3.8, 4) is 11.5 Å². The normalized spacial score (nSPS) is 24.8. The number of rotatable bonds is 2. The Balaban J connectivity index is 1.87. The quantitative estimate of drug-likeness (QED) is 0.870. The van der Waals surface area contributed by atoms with Gasteiger partial charge < -0.3 is 20.1 Å². The molecule has 1 fully saturated rings. The zero-order valence-electron chi connectivity index (χ0n) is 11.0. The van der Waals surface area contributed by atoms with Crippen LogP contribution in [0.1, 0.15) is 23.7 Å². The Morgan fingerprint density at radius 3 is 3.05 bits per heavy atom. The van der Waals surface area contributed by atoms with Crippen LogP contribution in [0.2, 0.25) is 0 Å². The zero-order valence-corrected chi connectivity index (χ0v) is 11.0. The Bertz CT molecular complexity index is 503. The van der Waals surface area contributed by atoms with Crippen molar-refractivity contribution in [3.05, 3.63) is 23.8 Å². The Labute approximate surface area is 112 Å². The molecule has 3 rings (SSSR count). The molecule has 2 atom stereocenters. The molecule has 2 unspecified atom stereocenters. The summed E-state index contributed by atoms with van der Waals surface area (Å²) in [6.45, 7) is 3.59. The fourth-order valence-electron chi connectivity index (χ4n) is 2.85. The molecule has 102 valence electrons. The van der Waals surface area contributed by atoms with Crippen molar-refractivity contribution in [2.75, 3.05) is 19.9 Å². The summed E-state index contributed by atoms with van der Waals surface area (Å²) in [5, 5.41) is 0. The summed E-state index contributed by atoms with van der Waals surface area (Å²) in [5.41, 5.74) is 6.29. The Morgan fingerprint density at radius 2 is 2.32 bits per heavy atom. The lowest BCUT2D eigenvalue weighted by molar-refractivity contribution is 0.0739. The van der Waals surface area contributed by atoms with Crippen LogP contribution in [-0.2, 0) is 0 Å². The first-order valence-corrected chi connectivity index (χ1v) is 6.60. The summed E-state index contributed by atoms with van der Waals surface area (Å²) in [6.07, 6.45) is 0.967. The topological polar surface area (TPSA) is 64.8 Å². The van der Waals surface area contributed by atoms with Crippen LogP contribution in [0.4, 0.5) is 0 Å². The molecule has 1 amide bonds. The fourth-order valence-corrected chi connectivity index (χ4v) is 2.85. The van der Waals surface area contributed by atoms with E-state index in [0.29, 0.717) is 29.5 Å². The molecule has 0 aromatic heterocycles. The molecule has 5 nitrogen and oxygen atoms in total. The number of para-hydroxylation sites is 1. The van der Waals surface area contributed by atoms with Crippen molar-refractivity contribution in [2.45, 2.75) is 19.4 Å². The van der Waals surface area contributed by atoms with E-state index in [0.717, 1.165) is 13.0 Å². The first kappa shape index (κ1) is 12.3. The maximum atomic E-state index is 12.6. The predicted molar refractivity (Wildman–Crippen MR) is 70.2 cm³/mol. The van der Waals surface area contributed by atoms with E-state index in [1.807, 2.05) is 17.0 Å². The standard InChI is InChI=1S/C14H18N2O3/c1-9-5-10(6-15)7-16(9)14(17)11-3-2-4-12-13(11)19-8-18-12/h2-4,9-10H,5-8,15H2,1H3. The number of hydrogen-bond donors (Lipinski definition) is 1. The van der Waals surface area contributed by atoms with Gasteiger partial charge in [-0.15, -0.1) is 0 Å². The minimum absolute atomic E-state index is 0.00537. The van der Waals surface area contributed by atoms with E-state index in [-0.39, 0.29) is 18.7 Å². The van der Waals surface area contributed by atoms with E-state index in [1.54, 1.807) is 6.07 Å². The average Bonchev–Trinajstić information content (AvgIpc) is 3.03. The van der Waals surface area contributed by atoms with Gasteiger partial charge in [0.05, 0.1) is 5.56 Å². The van der Waals surface area contributed by atoms with Crippen molar-refractivity contribution < 1.29 is 14.3 Å². The van der Waals surface area contributed by atoms with Gasteiger partial charge in [0.25, 0.3) is 5.91 Å². The van der Waals surface area contributed by atoms with Gasteiger partial charge in [0, 0.05) is 12.6 Å². The highest BCUT2D eigenvalue weighted by molar-refractivity contribution is 5.98. The third-order valence-electron chi connectivity index (χ3n) is 3.88. The van der Waals surface area contributed by atoms with Crippen molar-refractivity contribution in [3.63, 3.8) is 0 Å². The maximum absolute atomic E-state index is 12.6. The van der Waals surface area contributed by atoms with Gasteiger partial charge in [-0.05, 0) is 37.9 Å². The van der Waals surface area contributed by atoms with Crippen molar-refractivity contribution in [1.82, 2.24) is 4.90 Å². The molecule has 1 aromatic rings. The summed E-state index contributed by atoms with van der Waals surface area (Å²) >= 11 is 0. The van der Waals surface area contributed by atoms with Crippen LogP contribution in [0.15, 0.2) is 18.2 Å². The molecule has 0 aliphatic carbocycles. The molecule has 0 saturated carbocycles. The van der Waals surface area contributed by atoms with E-state index < -0.39 is 0 Å². The van der Waals surface area contributed by atoms with Crippen LogP contribution >= 0.6 is 0 Å². The lowest BCUT2D eigenvalue weighted by Crippen LogP contribution is -2.34. The number of nitrogens with zero attached hydrogens (tertiary/aromatic N) is 1. The van der Waals surface area contributed by atoms with Gasteiger partial charge in [0.2, 0.25) is 6.79 Å². The number of nitrogens with two attached hydrogens (primary N) is 1. The molecular weight excluding hydrogens is 244 g/mol. The Morgan fingerprint density at radius 1 is 1.47 bits per heavy atom. The molecule has 0 radical (unpaired) electrons. The minimum Gasteiger partial charge on any atom is -0.454 e. The van der Waals surface area contributed by atoms with E-state index in [1.165, 1.54) is 0 Å².